The van der Waals surface area contributed by atoms with E-state index in [9.17, 15) is 0 Å². The number of rotatable bonds is 7. The van der Waals surface area contributed by atoms with E-state index in [-0.39, 0.29) is 0 Å². The maximum absolute atomic E-state index is 5.97. The van der Waals surface area contributed by atoms with Gasteiger partial charge in [0.2, 0.25) is 0 Å². The number of alkyl halides is 1. The first kappa shape index (κ1) is 12.3. The maximum atomic E-state index is 5.97. The van der Waals surface area contributed by atoms with Gasteiger partial charge in [-0.25, -0.2) is 0 Å². The summed E-state index contributed by atoms with van der Waals surface area (Å²) in [5.41, 5.74) is 0. The summed E-state index contributed by atoms with van der Waals surface area (Å²) in [5, 5.41) is 0.344. The molecule has 0 saturated heterocycles. The molecule has 2 unspecified atom stereocenters. The van der Waals surface area contributed by atoms with E-state index in [0.29, 0.717) is 11.3 Å². The van der Waals surface area contributed by atoms with Crippen molar-refractivity contribution in [2.75, 3.05) is 0 Å². The van der Waals surface area contributed by atoms with Gasteiger partial charge in [0, 0.05) is 5.38 Å². The van der Waals surface area contributed by atoms with Gasteiger partial charge in [0.15, 0.2) is 0 Å². The zero-order valence-electron chi connectivity index (χ0n) is 8.78. The maximum Gasteiger partial charge on any atom is 0.0333 e. The van der Waals surface area contributed by atoms with Crippen molar-refractivity contribution in [3.63, 3.8) is 0 Å². The van der Waals surface area contributed by atoms with E-state index in [0.717, 1.165) is 0 Å². The van der Waals surface area contributed by atoms with Gasteiger partial charge in [-0.1, -0.05) is 46.0 Å². The predicted molar refractivity (Wildman–Crippen MR) is 57.9 cm³/mol. The average Bonchev–Trinajstić information content (AvgIpc) is 2.03. The van der Waals surface area contributed by atoms with Crippen LogP contribution in [0.4, 0.5) is 0 Å². The molecule has 0 rings (SSSR count). The molecule has 0 fully saturated rings. The van der Waals surface area contributed by atoms with E-state index in [1.807, 2.05) is 0 Å². The highest BCUT2D eigenvalue weighted by molar-refractivity contribution is 6.20. The number of unbranched alkanes of at least 4 members (excludes halogenated alkanes) is 4. The fourth-order valence-electron chi connectivity index (χ4n) is 1.30. The Kier molecular flexibility index (Phi) is 8.11. The van der Waals surface area contributed by atoms with Crippen molar-refractivity contribution < 1.29 is 0 Å². The SMILES string of the molecule is CCCCCCCC(C)C(C)Cl. The molecule has 2 atom stereocenters. The number of hydrogen-bond donors (Lipinski definition) is 0. The van der Waals surface area contributed by atoms with Crippen LogP contribution >= 0.6 is 11.6 Å². The summed E-state index contributed by atoms with van der Waals surface area (Å²) < 4.78 is 0. The molecule has 0 aromatic carbocycles. The van der Waals surface area contributed by atoms with Crippen LogP contribution in [-0.4, -0.2) is 5.38 Å². The molecule has 0 saturated carbocycles. The van der Waals surface area contributed by atoms with Gasteiger partial charge in [-0.15, -0.1) is 11.6 Å². The molecule has 12 heavy (non-hydrogen) atoms. The Morgan fingerprint density at radius 2 is 1.58 bits per heavy atom. The highest BCUT2D eigenvalue weighted by Gasteiger charge is 2.07. The lowest BCUT2D eigenvalue weighted by atomic mass is 10.00. The second-order valence-corrected chi connectivity index (χ2v) is 4.55. The lowest BCUT2D eigenvalue weighted by Gasteiger charge is -2.12. The molecule has 0 radical (unpaired) electrons. The molecule has 0 N–H and O–H groups in total. The highest BCUT2D eigenvalue weighted by atomic mass is 35.5. The van der Waals surface area contributed by atoms with Crippen molar-refractivity contribution in [1.29, 1.82) is 0 Å². The standard InChI is InChI=1S/C11H23Cl/c1-4-5-6-7-8-9-10(2)11(3)12/h10-11H,4-9H2,1-3H3. The Morgan fingerprint density at radius 1 is 1.00 bits per heavy atom. The zero-order chi connectivity index (χ0) is 9.40. The monoisotopic (exact) mass is 190 g/mol. The summed E-state index contributed by atoms with van der Waals surface area (Å²) in [5.74, 6) is 0.688. The van der Waals surface area contributed by atoms with Crippen LogP contribution in [0.25, 0.3) is 0 Å². The van der Waals surface area contributed by atoms with Crippen LogP contribution in [0.2, 0.25) is 0 Å². The van der Waals surface area contributed by atoms with Gasteiger partial charge in [0.25, 0.3) is 0 Å². The van der Waals surface area contributed by atoms with Crippen LogP contribution < -0.4 is 0 Å². The van der Waals surface area contributed by atoms with Crippen LogP contribution in [0.15, 0.2) is 0 Å². The molecule has 74 valence electrons. The van der Waals surface area contributed by atoms with Crippen molar-refractivity contribution in [2.45, 2.75) is 64.7 Å². The first-order valence-corrected chi connectivity index (χ1v) is 5.76. The van der Waals surface area contributed by atoms with Crippen molar-refractivity contribution in [1.82, 2.24) is 0 Å². The van der Waals surface area contributed by atoms with Gasteiger partial charge in [-0.05, 0) is 19.3 Å². The first-order valence-electron chi connectivity index (χ1n) is 5.32. The molecule has 0 aliphatic rings. The minimum absolute atomic E-state index is 0.344. The van der Waals surface area contributed by atoms with Crippen LogP contribution in [0.1, 0.15) is 59.3 Å². The summed E-state index contributed by atoms with van der Waals surface area (Å²) in [6.07, 6.45) is 8.18. The molecule has 0 nitrogen and oxygen atoms in total. The molecule has 1 heteroatoms. The molecule has 0 aromatic heterocycles. The summed E-state index contributed by atoms with van der Waals surface area (Å²) in [7, 11) is 0. The molecule has 0 aliphatic heterocycles. The highest BCUT2D eigenvalue weighted by Crippen LogP contribution is 2.17. The van der Waals surface area contributed by atoms with E-state index in [1.165, 1.54) is 38.5 Å². The zero-order valence-corrected chi connectivity index (χ0v) is 9.53. The van der Waals surface area contributed by atoms with Crippen LogP contribution in [-0.2, 0) is 0 Å². The minimum Gasteiger partial charge on any atom is -0.123 e. The Bertz CT molecular complexity index is 89.0. The predicted octanol–water partition coefficient (Wildman–Crippen LogP) is 4.61. The Labute approximate surface area is 82.7 Å². The summed E-state index contributed by atoms with van der Waals surface area (Å²) in [6.45, 7) is 6.60. The third kappa shape index (κ3) is 6.97. The van der Waals surface area contributed by atoms with Gasteiger partial charge in [-0.2, -0.15) is 0 Å². The van der Waals surface area contributed by atoms with Crippen molar-refractivity contribution in [3.05, 3.63) is 0 Å². The van der Waals surface area contributed by atoms with Crippen molar-refractivity contribution >= 4 is 11.6 Å². The average molecular weight is 191 g/mol. The topological polar surface area (TPSA) is 0 Å². The molecule has 0 spiro atoms. The molecular formula is C11H23Cl. The van der Waals surface area contributed by atoms with Gasteiger partial charge in [-0.3, -0.25) is 0 Å². The van der Waals surface area contributed by atoms with Gasteiger partial charge < -0.3 is 0 Å². The van der Waals surface area contributed by atoms with Crippen LogP contribution in [0.5, 0.6) is 0 Å². The number of hydrogen-bond acceptors (Lipinski definition) is 0. The molecule has 0 aromatic rings. The van der Waals surface area contributed by atoms with E-state index in [2.05, 4.69) is 20.8 Å². The fraction of sp³-hybridized carbons (Fsp3) is 1.00. The quantitative estimate of drug-likeness (QED) is 0.406. The Hall–Kier alpha value is 0.290. The summed E-state index contributed by atoms with van der Waals surface area (Å²) >= 11 is 5.97. The molecule has 0 amide bonds. The molecule has 0 bridgehead atoms. The van der Waals surface area contributed by atoms with E-state index in [1.54, 1.807) is 0 Å². The van der Waals surface area contributed by atoms with Gasteiger partial charge in [0.1, 0.15) is 0 Å². The largest absolute Gasteiger partial charge is 0.123 e. The summed E-state index contributed by atoms with van der Waals surface area (Å²) in [4.78, 5) is 0. The molecule has 0 heterocycles. The normalized spacial score (nSPS) is 16.0. The first-order chi connectivity index (χ1) is 5.68. The van der Waals surface area contributed by atoms with Gasteiger partial charge >= 0.3 is 0 Å². The van der Waals surface area contributed by atoms with Crippen molar-refractivity contribution in [2.24, 2.45) is 5.92 Å². The second-order valence-electron chi connectivity index (χ2n) is 3.86. The second kappa shape index (κ2) is 7.91. The Balaban J connectivity index is 3.08. The van der Waals surface area contributed by atoms with Crippen molar-refractivity contribution in [3.8, 4) is 0 Å². The number of halogens is 1. The van der Waals surface area contributed by atoms with E-state index in [4.69, 9.17) is 11.6 Å². The fourth-order valence-corrected chi connectivity index (χ4v) is 1.43. The lowest BCUT2D eigenvalue weighted by molar-refractivity contribution is 0.479. The van der Waals surface area contributed by atoms with Crippen LogP contribution in [0.3, 0.4) is 0 Å². The lowest BCUT2D eigenvalue weighted by Crippen LogP contribution is -2.06. The molecular weight excluding hydrogens is 168 g/mol. The molecule has 0 aliphatic carbocycles. The van der Waals surface area contributed by atoms with E-state index < -0.39 is 0 Å². The third-order valence-corrected chi connectivity index (χ3v) is 2.98. The van der Waals surface area contributed by atoms with Gasteiger partial charge in [0.05, 0.1) is 0 Å². The smallest absolute Gasteiger partial charge is 0.0333 e. The van der Waals surface area contributed by atoms with Crippen LogP contribution in [0, 0.1) is 5.92 Å². The van der Waals surface area contributed by atoms with E-state index >= 15 is 0 Å². The summed E-state index contributed by atoms with van der Waals surface area (Å²) in [6, 6.07) is 0. The third-order valence-electron chi connectivity index (χ3n) is 2.55. The Morgan fingerprint density at radius 3 is 2.08 bits per heavy atom. The minimum atomic E-state index is 0.344.